The molecule has 0 bridgehead atoms. The van der Waals surface area contributed by atoms with Crippen LogP contribution in [-0.4, -0.2) is 20.6 Å². The van der Waals surface area contributed by atoms with E-state index in [1.165, 1.54) is 29.8 Å². The van der Waals surface area contributed by atoms with Crippen LogP contribution in [-0.2, 0) is 19.4 Å². The first-order chi connectivity index (χ1) is 10.2. The number of aryl methyl sites for hydroxylation is 2. The topological polar surface area (TPSA) is 76.4 Å². The summed E-state index contributed by atoms with van der Waals surface area (Å²) in [5.41, 5.74) is 10.2. The molecule has 2 aromatic rings. The standard InChI is InChI=1S/C16H20N4O/c1-11-18-14-4-2-3-5-15(14)20(11)10-12-6-8-13(9-7-12)16(17)19-21/h6-9,21H,2-5,10H2,1H3,(H2,17,19). The maximum atomic E-state index is 8.68. The van der Waals surface area contributed by atoms with Crippen LogP contribution < -0.4 is 5.73 Å². The van der Waals surface area contributed by atoms with E-state index in [2.05, 4.69) is 16.6 Å². The Kier molecular flexibility index (Phi) is 3.64. The second-order valence-electron chi connectivity index (χ2n) is 5.53. The third-order valence-corrected chi connectivity index (χ3v) is 4.12. The molecule has 3 N–H and O–H groups in total. The van der Waals surface area contributed by atoms with Crippen molar-refractivity contribution in [3.63, 3.8) is 0 Å². The molecule has 0 amide bonds. The predicted molar refractivity (Wildman–Crippen MR) is 81.7 cm³/mol. The van der Waals surface area contributed by atoms with Crippen LogP contribution in [0, 0.1) is 6.92 Å². The molecule has 5 nitrogen and oxygen atoms in total. The SMILES string of the molecule is Cc1nc2c(n1Cc1ccc(/C(N)=N/O)cc1)CCCC2. The summed E-state index contributed by atoms with van der Waals surface area (Å²) in [7, 11) is 0. The molecule has 1 heterocycles. The van der Waals surface area contributed by atoms with E-state index in [-0.39, 0.29) is 5.84 Å². The Hall–Kier alpha value is -2.30. The Labute approximate surface area is 124 Å². The van der Waals surface area contributed by atoms with Crippen LogP contribution in [0.4, 0.5) is 0 Å². The number of oxime groups is 1. The van der Waals surface area contributed by atoms with Crippen molar-refractivity contribution in [2.75, 3.05) is 0 Å². The molecule has 110 valence electrons. The van der Waals surface area contributed by atoms with Crippen molar-refractivity contribution in [1.29, 1.82) is 0 Å². The van der Waals surface area contributed by atoms with Crippen LogP contribution in [0.1, 0.15) is 41.2 Å². The van der Waals surface area contributed by atoms with Crippen LogP contribution in [0.15, 0.2) is 29.4 Å². The maximum Gasteiger partial charge on any atom is 0.170 e. The molecular weight excluding hydrogens is 264 g/mol. The number of imidazole rings is 1. The minimum absolute atomic E-state index is 0.137. The zero-order valence-electron chi connectivity index (χ0n) is 12.2. The van der Waals surface area contributed by atoms with E-state index in [9.17, 15) is 0 Å². The van der Waals surface area contributed by atoms with E-state index in [4.69, 9.17) is 15.9 Å². The molecule has 0 radical (unpaired) electrons. The summed E-state index contributed by atoms with van der Waals surface area (Å²) in [5.74, 6) is 1.22. The molecule has 0 unspecified atom stereocenters. The number of nitrogens with two attached hydrogens (primary N) is 1. The molecule has 0 fully saturated rings. The summed E-state index contributed by atoms with van der Waals surface area (Å²) < 4.78 is 2.31. The molecule has 0 saturated heterocycles. The van der Waals surface area contributed by atoms with Crippen molar-refractivity contribution < 1.29 is 5.21 Å². The lowest BCUT2D eigenvalue weighted by Crippen LogP contribution is -2.13. The smallest absolute Gasteiger partial charge is 0.170 e. The maximum absolute atomic E-state index is 8.68. The first kappa shape index (κ1) is 13.7. The van der Waals surface area contributed by atoms with Crippen molar-refractivity contribution >= 4 is 5.84 Å². The van der Waals surface area contributed by atoms with Gasteiger partial charge >= 0.3 is 0 Å². The average Bonchev–Trinajstić information content (AvgIpc) is 2.83. The third kappa shape index (κ3) is 2.63. The number of amidine groups is 1. The number of hydrogen-bond acceptors (Lipinski definition) is 3. The van der Waals surface area contributed by atoms with Crippen molar-refractivity contribution in [1.82, 2.24) is 9.55 Å². The fourth-order valence-electron chi connectivity index (χ4n) is 2.97. The van der Waals surface area contributed by atoms with Gasteiger partial charge in [-0.05, 0) is 38.2 Å². The third-order valence-electron chi connectivity index (χ3n) is 4.12. The Morgan fingerprint density at radius 1 is 1.29 bits per heavy atom. The fraction of sp³-hybridized carbons (Fsp3) is 0.375. The molecule has 1 aliphatic rings. The highest BCUT2D eigenvalue weighted by molar-refractivity contribution is 5.96. The van der Waals surface area contributed by atoms with Crippen molar-refractivity contribution in [2.24, 2.45) is 10.9 Å². The van der Waals surface area contributed by atoms with Crippen molar-refractivity contribution in [3.05, 3.63) is 52.6 Å². The summed E-state index contributed by atoms with van der Waals surface area (Å²) in [6.07, 6.45) is 4.72. The van der Waals surface area contributed by atoms with Crippen LogP contribution >= 0.6 is 0 Å². The zero-order chi connectivity index (χ0) is 14.8. The van der Waals surface area contributed by atoms with Crippen LogP contribution in [0.2, 0.25) is 0 Å². The van der Waals surface area contributed by atoms with E-state index >= 15 is 0 Å². The Balaban J connectivity index is 1.85. The lowest BCUT2D eigenvalue weighted by atomic mass is 10.0. The Bertz CT molecular complexity index is 670. The molecule has 0 saturated carbocycles. The van der Waals surface area contributed by atoms with Gasteiger partial charge in [-0.1, -0.05) is 29.4 Å². The van der Waals surface area contributed by atoms with Gasteiger partial charge in [0.1, 0.15) is 5.82 Å². The summed E-state index contributed by atoms with van der Waals surface area (Å²) in [6, 6.07) is 7.79. The number of hydrogen-bond donors (Lipinski definition) is 2. The average molecular weight is 284 g/mol. The normalized spacial score (nSPS) is 15.0. The molecule has 1 aromatic carbocycles. The lowest BCUT2D eigenvalue weighted by molar-refractivity contribution is 0.318. The van der Waals surface area contributed by atoms with Crippen molar-refractivity contribution in [3.8, 4) is 0 Å². The summed E-state index contributed by atoms with van der Waals surface area (Å²) in [6.45, 7) is 2.90. The molecule has 0 atom stereocenters. The largest absolute Gasteiger partial charge is 0.409 e. The molecular formula is C16H20N4O. The molecule has 0 aliphatic heterocycles. The van der Waals surface area contributed by atoms with Crippen LogP contribution in [0.25, 0.3) is 0 Å². The van der Waals surface area contributed by atoms with E-state index in [0.29, 0.717) is 0 Å². The van der Waals surface area contributed by atoms with E-state index in [1.807, 2.05) is 24.3 Å². The van der Waals surface area contributed by atoms with E-state index in [1.54, 1.807) is 0 Å². The minimum atomic E-state index is 0.137. The van der Waals surface area contributed by atoms with Gasteiger partial charge < -0.3 is 15.5 Å². The van der Waals surface area contributed by atoms with Gasteiger partial charge in [-0.25, -0.2) is 4.98 Å². The summed E-state index contributed by atoms with van der Waals surface area (Å²) in [4.78, 5) is 4.70. The quantitative estimate of drug-likeness (QED) is 0.393. The number of aromatic nitrogens is 2. The second-order valence-corrected chi connectivity index (χ2v) is 5.53. The van der Waals surface area contributed by atoms with Crippen LogP contribution in [0.5, 0.6) is 0 Å². The van der Waals surface area contributed by atoms with Crippen molar-refractivity contribution in [2.45, 2.75) is 39.2 Å². The number of rotatable bonds is 3. The minimum Gasteiger partial charge on any atom is -0.409 e. The lowest BCUT2D eigenvalue weighted by Gasteiger charge is -2.15. The van der Waals surface area contributed by atoms with Gasteiger partial charge in [0.2, 0.25) is 0 Å². The van der Waals surface area contributed by atoms with E-state index in [0.717, 1.165) is 30.8 Å². The second kappa shape index (κ2) is 5.60. The first-order valence-corrected chi connectivity index (χ1v) is 7.30. The zero-order valence-corrected chi connectivity index (χ0v) is 12.2. The Morgan fingerprint density at radius 2 is 2.00 bits per heavy atom. The molecule has 3 rings (SSSR count). The van der Waals surface area contributed by atoms with Gasteiger partial charge in [0, 0.05) is 17.8 Å². The molecule has 21 heavy (non-hydrogen) atoms. The van der Waals surface area contributed by atoms with Crippen LogP contribution in [0.3, 0.4) is 0 Å². The van der Waals surface area contributed by atoms with Gasteiger partial charge in [-0.15, -0.1) is 0 Å². The van der Waals surface area contributed by atoms with Gasteiger partial charge in [-0.3, -0.25) is 0 Å². The van der Waals surface area contributed by atoms with E-state index < -0.39 is 0 Å². The monoisotopic (exact) mass is 284 g/mol. The highest BCUT2D eigenvalue weighted by Gasteiger charge is 2.17. The molecule has 1 aliphatic carbocycles. The number of benzene rings is 1. The summed E-state index contributed by atoms with van der Waals surface area (Å²) in [5, 5.41) is 11.7. The van der Waals surface area contributed by atoms with Gasteiger partial charge in [-0.2, -0.15) is 0 Å². The predicted octanol–water partition coefficient (Wildman–Crippen LogP) is 2.21. The van der Waals surface area contributed by atoms with Gasteiger partial charge in [0.15, 0.2) is 5.84 Å². The number of nitrogens with zero attached hydrogens (tertiary/aromatic N) is 3. The number of fused-ring (bicyclic) bond motifs is 1. The fourth-order valence-corrected chi connectivity index (χ4v) is 2.97. The first-order valence-electron chi connectivity index (χ1n) is 7.30. The molecule has 0 spiro atoms. The molecule has 5 heteroatoms. The Morgan fingerprint density at radius 3 is 2.71 bits per heavy atom. The molecule has 1 aromatic heterocycles. The van der Waals surface area contributed by atoms with Gasteiger partial charge in [0.25, 0.3) is 0 Å². The highest BCUT2D eigenvalue weighted by Crippen LogP contribution is 2.23. The highest BCUT2D eigenvalue weighted by atomic mass is 16.4. The van der Waals surface area contributed by atoms with Gasteiger partial charge in [0.05, 0.1) is 5.69 Å². The summed E-state index contributed by atoms with van der Waals surface area (Å²) >= 11 is 0.